The predicted octanol–water partition coefficient (Wildman–Crippen LogP) is 1.53. The van der Waals surface area contributed by atoms with Crippen molar-refractivity contribution >= 4 is 5.96 Å². The Balaban J connectivity index is 1.43. The van der Waals surface area contributed by atoms with Crippen molar-refractivity contribution in [2.24, 2.45) is 4.99 Å². The zero-order valence-electron chi connectivity index (χ0n) is 15.7. The number of nitrogens with zero attached hydrogens (tertiary/aromatic N) is 2. The highest BCUT2D eigenvalue weighted by atomic mass is 16.5. The fourth-order valence-corrected chi connectivity index (χ4v) is 3.70. The molecule has 3 atom stereocenters. The third-order valence-electron chi connectivity index (χ3n) is 5.15. The first-order valence-corrected chi connectivity index (χ1v) is 9.87. The molecule has 2 heterocycles. The van der Waals surface area contributed by atoms with Crippen molar-refractivity contribution in [1.82, 2.24) is 15.5 Å². The van der Waals surface area contributed by atoms with Gasteiger partial charge in [0.2, 0.25) is 0 Å². The van der Waals surface area contributed by atoms with Crippen LogP contribution in [0.3, 0.4) is 0 Å². The fraction of sp³-hybridized carbons (Fsp3) is 0.650. The summed E-state index contributed by atoms with van der Waals surface area (Å²) in [6.07, 6.45) is 2.92. The third-order valence-corrected chi connectivity index (χ3v) is 5.15. The lowest BCUT2D eigenvalue weighted by Gasteiger charge is -2.34. The van der Waals surface area contributed by atoms with Crippen LogP contribution in [0.15, 0.2) is 35.3 Å². The van der Waals surface area contributed by atoms with Crippen LogP contribution < -0.4 is 10.6 Å². The summed E-state index contributed by atoms with van der Waals surface area (Å²) in [5, 5.41) is 16.8. The summed E-state index contributed by atoms with van der Waals surface area (Å²) >= 11 is 0. The summed E-state index contributed by atoms with van der Waals surface area (Å²) in [5.41, 5.74) is 0.951. The molecule has 0 bridgehead atoms. The molecule has 1 aromatic rings. The number of rotatable bonds is 7. The van der Waals surface area contributed by atoms with Crippen LogP contribution in [0.1, 0.15) is 37.9 Å². The van der Waals surface area contributed by atoms with E-state index in [4.69, 9.17) is 4.74 Å². The Morgan fingerprint density at radius 2 is 2.19 bits per heavy atom. The average molecular weight is 361 g/mol. The van der Waals surface area contributed by atoms with E-state index in [-0.39, 0.29) is 6.10 Å². The minimum absolute atomic E-state index is 0.176. The fourth-order valence-electron chi connectivity index (χ4n) is 3.70. The van der Waals surface area contributed by atoms with Crippen molar-refractivity contribution in [3.05, 3.63) is 35.9 Å². The van der Waals surface area contributed by atoms with Crippen LogP contribution >= 0.6 is 0 Å². The quantitative estimate of drug-likeness (QED) is 0.508. The molecule has 0 aliphatic carbocycles. The van der Waals surface area contributed by atoms with Crippen molar-refractivity contribution < 1.29 is 9.84 Å². The molecule has 144 valence electrons. The maximum absolute atomic E-state index is 10.3. The van der Waals surface area contributed by atoms with Crippen molar-refractivity contribution in [1.29, 1.82) is 0 Å². The van der Waals surface area contributed by atoms with E-state index in [1.807, 2.05) is 30.3 Å². The number of aliphatic hydroxyl groups excluding tert-OH is 1. The van der Waals surface area contributed by atoms with Crippen LogP contribution in [0.2, 0.25) is 0 Å². The Morgan fingerprint density at radius 3 is 3.00 bits per heavy atom. The van der Waals surface area contributed by atoms with Crippen molar-refractivity contribution in [2.75, 3.05) is 39.3 Å². The largest absolute Gasteiger partial charge is 0.388 e. The lowest BCUT2D eigenvalue weighted by molar-refractivity contribution is -0.0432. The molecule has 6 heteroatoms. The van der Waals surface area contributed by atoms with Gasteiger partial charge in [-0.3, -0.25) is 9.89 Å². The van der Waals surface area contributed by atoms with Gasteiger partial charge >= 0.3 is 0 Å². The molecular formula is C20H32N4O2. The molecule has 26 heavy (non-hydrogen) atoms. The molecule has 1 aromatic carbocycles. The van der Waals surface area contributed by atoms with Crippen LogP contribution in [0.5, 0.6) is 0 Å². The minimum atomic E-state index is -0.458. The molecule has 0 aromatic heterocycles. The van der Waals surface area contributed by atoms with Crippen molar-refractivity contribution in [2.45, 2.75) is 44.4 Å². The lowest BCUT2D eigenvalue weighted by atomic mass is 10.1. The van der Waals surface area contributed by atoms with Gasteiger partial charge in [-0.25, -0.2) is 0 Å². The number of hydrogen-bond acceptors (Lipinski definition) is 4. The highest BCUT2D eigenvalue weighted by Gasteiger charge is 2.31. The summed E-state index contributed by atoms with van der Waals surface area (Å²) in [7, 11) is 0. The third kappa shape index (κ3) is 5.43. The van der Waals surface area contributed by atoms with E-state index >= 15 is 0 Å². The van der Waals surface area contributed by atoms with E-state index in [9.17, 15) is 5.11 Å². The van der Waals surface area contributed by atoms with Crippen LogP contribution in [0.4, 0.5) is 0 Å². The number of aliphatic imine (C=N–C) groups is 1. The maximum atomic E-state index is 10.3. The summed E-state index contributed by atoms with van der Waals surface area (Å²) in [4.78, 5) is 7.22. The zero-order chi connectivity index (χ0) is 18.2. The van der Waals surface area contributed by atoms with Gasteiger partial charge in [-0.05, 0) is 38.3 Å². The second kappa shape index (κ2) is 9.90. The van der Waals surface area contributed by atoms with Crippen molar-refractivity contribution in [3.8, 4) is 0 Å². The number of benzene rings is 1. The Hall–Kier alpha value is -1.63. The summed E-state index contributed by atoms with van der Waals surface area (Å²) < 4.78 is 5.98. The molecule has 0 saturated carbocycles. The van der Waals surface area contributed by atoms with Gasteiger partial charge in [0.1, 0.15) is 0 Å². The van der Waals surface area contributed by atoms with Crippen molar-refractivity contribution in [3.63, 3.8) is 0 Å². The van der Waals surface area contributed by atoms with E-state index in [2.05, 4.69) is 27.4 Å². The number of ether oxygens (including phenoxy) is 1. The van der Waals surface area contributed by atoms with Gasteiger partial charge in [0.15, 0.2) is 5.96 Å². The van der Waals surface area contributed by atoms with Gasteiger partial charge in [0.25, 0.3) is 0 Å². The highest BCUT2D eigenvalue weighted by molar-refractivity contribution is 5.79. The van der Waals surface area contributed by atoms with E-state index < -0.39 is 6.10 Å². The molecule has 2 fully saturated rings. The average Bonchev–Trinajstić information content (AvgIpc) is 3.14. The van der Waals surface area contributed by atoms with E-state index in [1.54, 1.807) is 0 Å². The molecule has 2 aliphatic rings. The summed E-state index contributed by atoms with van der Waals surface area (Å²) in [6, 6.07) is 10.4. The minimum Gasteiger partial charge on any atom is -0.388 e. The SMILES string of the molecule is CCNC(=NCC1CN2CCCC2CO1)NCCC(O)c1ccccc1. The molecule has 0 spiro atoms. The monoisotopic (exact) mass is 360 g/mol. The molecule has 2 saturated heterocycles. The van der Waals surface area contributed by atoms with Crippen LogP contribution in [0, 0.1) is 0 Å². The maximum Gasteiger partial charge on any atom is 0.191 e. The topological polar surface area (TPSA) is 69.1 Å². The molecule has 3 N–H and O–H groups in total. The molecule has 0 amide bonds. The Bertz CT molecular complexity index is 566. The number of guanidine groups is 1. The zero-order valence-corrected chi connectivity index (χ0v) is 15.7. The van der Waals surface area contributed by atoms with E-state index in [1.165, 1.54) is 19.4 Å². The van der Waals surface area contributed by atoms with E-state index in [0.717, 1.165) is 31.2 Å². The number of aliphatic hydroxyl groups is 1. The molecule has 3 unspecified atom stereocenters. The van der Waals surface area contributed by atoms with E-state index in [0.29, 0.717) is 25.6 Å². The Kier molecular flexibility index (Phi) is 7.29. The molecule has 3 rings (SSSR count). The summed E-state index contributed by atoms with van der Waals surface area (Å²) in [6.45, 7) is 7.23. The second-order valence-corrected chi connectivity index (χ2v) is 7.11. The Labute approximate surface area is 156 Å². The Morgan fingerprint density at radius 1 is 1.35 bits per heavy atom. The van der Waals surface area contributed by atoms with Gasteiger partial charge in [-0.1, -0.05) is 30.3 Å². The molecule has 2 aliphatic heterocycles. The van der Waals surface area contributed by atoms with Crippen LogP contribution in [0.25, 0.3) is 0 Å². The van der Waals surface area contributed by atoms with Gasteiger partial charge in [-0.2, -0.15) is 0 Å². The molecule has 0 radical (unpaired) electrons. The number of morpholine rings is 1. The first-order valence-electron chi connectivity index (χ1n) is 9.87. The predicted molar refractivity (Wildman–Crippen MR) is 104 cm³/mol. The van der Waals surface area contributed by atoms with Gasteiger partial charge in [0, 0.05) is 25.7 Å². The smallest absolute Gasteiger partial charge is 0.191 e. The van der Waals surface area contributed by atoms with Crippen LogP contribution in [-0.4, -0.2) is 67.4 Å². The molecular weight excluding hydrogens is 328 g/mol. The van der Waals surface area contributed by atoms with Gasteiger partial charge in [0.05, 0.1) is 25.4 Å². The number of nitrogens with one attached hydrogen (secondary N) is 2. The highest BCUT2D eigenvalue weighted by Crippen LogP contribution is 2.22. The standard InChI is InChI=1S/C20H32N4O2/c1-2-21-20(22-11-10-19(25)16-7-4-3-5-8-16)23-13-18-14-24-12-6-9-17(24)15-26-18/h3-5,7-8,17-19,25H,2,6,9-15H2,1H3,(H2,21,22,23). The van der Waals surface area contributed by atoms with Gasteiger partial charge < -0.3 is 20.5 Å². The first-order chi connectivity index (χ1) is 12.8. The summed E-state index contributed by atoms with van der Waals surface area (Å²) in [5.74, 6) is 0.792. The number of fused-ring (bicyclic) bond motifs is 1. The normalized spacial score (nSPS) is 24.9. The number of hydrogen-bond donors (Lipinski definition) is 3. The second-order valence-electron chi connectivity index (χ2n) is 7.11. The van der Waals surface area contributed by atoms with Crippen LogP contribution in [-0.2, 0) is 4.74 Å². The lowest BCUT2D eigenvalue weighted by Crippen LogP contribution is -2.47. The van der Waals surface area contributed by atoms with Gasteiger partial charge in [-0.15, -0.1) is 0 Å². The molecule has 6 nitrogen and oxygen atoms in total. The first kappa shape index (κ1) is 19.1.